The molecule has 0 saturated heterocycles. The zero-order valence-electron chi connectivity index (χ0n) is 5.19. The van der Waals surface area contributed by atoms with Gasteiger partial charge >= 0.3 is 0 Å². The van der Waals surface area contributed by atoms with Gasteiger partial charge in [0, 0.05) is 0 Å². The summed E-state index contributed by atoms with van der Waals surface area (Å²) in [6.07, 6.45) is 8.23. The van der Waals surface area contributed by atoms with Crippen LogP contribution < -0.4 is 0 Å². The quantitative estimate of drug-likeness (QED) is 0.502. The minimum atomic E-state index is 0.628. The van der Waals surface area contributed by atoms with Gasteiger partial charge in [-0.15, -0.1) is 0 Å². The highest BCUT2D eigenvalue weighted by atomic mass is 14.4. The van der Waals surface area contributed by atoms with E-state index in [1.165, 1.54) is 32.1 Å². The van der Waals surface area contributed by atoms with E-state index in [2.05, 4.69) is 0 Å². The van der Waals surface area contributed by atoms with Crippen molar-refractivity contribution in [2.75, 3.05) is 0 Å². The highest BCUT2D eigenvalue weighted by Crippen LogP contribution is 2.21. The Balaban J connectivity index is 2.22. The maximum absolute atomic E-state index is 6.97. The van der Waals surface area contributed by atoms with Gasteiger partial charge in [-0.2, -0.15) is 0 Å². The van der Waals surface area contributed by atoms with Crippen LogP contribution in [0.4, 0.5) is 0 Å². The minimum absolute atomic E-state index is 0.628. The molecule has 1 fully saturated rings. The Bertz CT molecular complexity index is 72.5. The first-order chi connectivity index (χ1) is 3.93. The van der Waals surface area contributed by atoms with Crippen LogP contribution in [0.25, 0.3) is 0 Å². The van der Waals surface area contributed by atoms with E-state index in [9.17, 15) is 0 Å². The van der Waals surface area contributed by atoms with Gasteiger partial charge in [0.2, 0.25) is 0 Å². The molecule has 0 amide bonds. The van der Waals surface area contributed by atoms with Crippen molar-refractivity contribution in [3.63, 3.8) is 0 Å². The number of hydrogen-bond donors (Lipinski definition) is 1. The molecule has 1 rings (SSSR count). The van der Waals surface area contributed by atoms with Crippen LogP contribution in [0.1, 0.15) is 32.1 Å². The molecule has 0 aromatic heterocycles. The van der Waals surface area contributed by atoms with Crippen molar-refractivity contribution >= 4 is 6.21 Å². The molecule has 0 aromatic rings. The van der Waals surface area contributed by atoms with E-state index in [1.807, 2.05) is 0 Å². The predicted octanol–water partition coefficient (Wildman–Crippen LogP) is 2.22. The SMILES string of the molecule is N=CC1CCCCC1. The normalized spacial score (nSPS) is 23.0. The summed E-state index contributed by atoms with van der Waals surface area (Å²) in [4.78, 5) is 0. The molecule has 1 N–H and O–H groups in total. The van der Waals surface area contributed by atoms with Gasteiger partial charge in [0.25, 0.3) is 0 Å². The minimum Gasteiger partial charge on any atom is -0.313 e. The zero-order chi connectivity index (χ0) is 5.82. The lowest BCUT2D eigenvalue weighted by Gasteiger charge is -2.15. The van der Waals surface area contributed by atoms with E-state index in [4.69, 9.17) is 5.41 Å². The molecule has 0 atom stereocenters. The number of nitrogens with one attached hydrogen (secondary N) is 1. The molecule has 0 aliphatic heterocycles. The summed E-state index contributed by atoms with van der Waals surface area (Å²) < 4.78 is 0. The summed E-state index contributed by atoms with van der Waals surface area (Å²) in [5, 5.41) is 6.97. The third-order valence-electron chi connectivity index (χ3n) is 1.89. The molecule has 1 saturated carbocycles. The first-order valence-corrected chi connectivity index (χ1v) is 3.44. The summed E-state index contributed by atoms with van der Waals surface area (Å²) in [7, 11) is 0. The van der Waals surface area contributed by atoms with Crippen LogP contribution in [0.5, 0.6) is 0 Å². The lowest BCUT2D eigenvalue weighted by atomic mass is 9.90. The van der Waals surface area contributed by atoms with Crippen LogP contribution in [0, 0.1) is 11.3 Å². The molecular weight excluding hydrogens is 98.1 g/mol. The van der Waals surface area contributed by atoms with Gasteiger partial charge < -0.3 is 5.41 Å². The van der Waals surface area contributed by atoms with Crippen molar-refractivity contribution in [3.8, 4) is 0 Å². The highest BCUT2D eigenvalue weighted by Gasteiger charge is 2.08. The molecule has 0 unspecified atom stereocenters. The Hall–Kier alpha value is -0.330. The van der Waals surface area contributed by atoms with Crippen molar-refractivity contribution in [2.45, 2.75) is 32.1 Å². The van der Waals surface area contributed by atoms with E-state index in [1.54, 1.807) is 6.21 Å². The van der Waals surface area contributed by atoms with Crippen molar-refractivity contribution in [1.82, 2.24) is 0 Å². The topological polar surface area (TPSA) is 23.9 Å². The van der Waals surface area contributed by atoms with E-state index in [0.717, 1.165) is 0 Å². The maximum atomic E-state index is 6.97. The molecule has 1 heteroatoms. The fourth-order valence-corrected chi connectivity index (χ4v) is 1.30. The molecular formula is C7H13N. The van der Waals surface area contributed by atoms with Gasteiger partial charge in [0.15, 0.2) is 0 Å². The summed E-state index contributed by atoms with van der Waals surface area (Å²) >= 11 is 0. The number of hydrogen-bond acceptors (Lipinski definition) is 1. The monoisotopic (exact) mass is 111 g/mol. The Morgan fingerprint density at radius 3 is 2.12 bits per heavy atom. The van der Waals surface area contributed by atoms with Crippen LogP contribution >= 0.6 is 0 Å². The van der Waals surface area contributed by atoms with Gasteiger partial charge in [-0.25, -0.2) is 0 Å². The van der Waals surface area contributed by atoms with Crippen LogP contribution in [0.15, 0.2) is 0 Å². The van der Waals surface area contributed by atoms with Crippen LogP contribution in [-0.2, 0) is 0 Å². The second-order valence-corrected chi connectivity index (χ2v) is 2.56. The van der Waals surface area contributed by atoms with Crippen LogP contribution in [0.3, 0.4) is 0 Å². The maximum Gasteiger partial charge on any atom is -0.00167 e. The summed E-state index contributed by atoms with van der Waals surface area (Å²) in [5.41, 5.74) is 0. The van der Waals surface area contributed by atoms with Gasteiger partial charge in [-0.05, 0) is 25.0 Å². The molecule has 1 aliphatic rings. The molecule has 0 bridgehead atoms. The van der Waals surface area contributed by atoms with Gasteiger partial charge in [-0.1, -0.05) is 19.3 Å². The first-order valence-electron chi connectivity index (χ1n) is 3.44. The first kappa shape index (κ1) is 5.80. The van der Waals surface area contributed by atoms with Crippen molar-refractivity contribution < 1.29 is 0 Å². The summed E-state index contributed by atoms with van der Waals surface area (Å²) in [5.74, 6) is 0.628. The Kier molecular flexibility index (Phi) is 2.07. The molecule has 8 heavy (non-hydrogen) atoms. The molecule has 46 valence electrons. The standard InChI is InChI=1S/C7H13N/c8-6-7-4-2-1-3-5-7/h6-8H,1-5H2. The molecule has 0 aromatic carbocycles. The molecule has 1 aliphatic carbocycles. The number of rotatable bonds is 1. The fraction of sp³-hybridized carbons (Fsp3) is 0.857. The smallest absolute Gasteiger partial charge is 0.00167 e. The van der Waals surface area contributed by atoms with Crippen molar-refractivity contribution in [3.05, 3.63) is 0 Å². The van der Waals surface area contributed by atoms with Gasteiger partial charge in [0.1, 0.15) is 0 Å². The molecule has 0 radical (unpaired) electrons. The van der Waals surface area contributed by atoms with E-state index in [-0.39, 0.29) is 0 Å². The van der Waals surface area contributed by atoms with Crippen LogP contribution in [0.2, 0.25) is 0 Å². The largest absolute Gasteiger partial charge is 0.313 e. The molecule has 0 heterocycles. The van der Waals surface area contributed by atoms with Crippen molar-refractivity contribution in [1.29, 1.82) is 5.41 Å². The van der Waals surface area contributed by atoms with Gasteiger partial charge in [0.05, 0.1) is 0 Å². The van der Waals surface area contributed by atoms with Crippen LogP contribution in [-0.4, -0.2) is 6.21 Å². The van der Waals surface area contributed by atoms with Gasteiger partial charge in [-0.3, -0.25) is 0 Å². The Morgan fingerprint density at radius 1 is 1.12 bits per heavy atom. The molecule has 0 spiro atoms. The third kappa shape index (κ3) is 1.32. The second kappa shape index (κ2) is 2.85. The lowest BCUT2D eigenvalue weighted by Crippen LogP contribution is -2.05. The second-order valence-electron chi connectivity index (χ2n) is 2.56. The Morgan fingerprint density at radius 2 is 1.75 bits per heavy atom. The summed E-state index contributed by atoms with van der Waals surface area (Å²) in [6, 6.07) is 0. The predicted molar refractivity (Wildman–Crippen MR) is 35.4 cm³/mol. The highest BCUT2D eigenvalue weighted by molar-refractivity contribution is 5.56. The third-order valence-corrected chi connectivity index (χ3v) is 1.89. The molecule has 1 nitrogen and oxygen atoms in total. The lowest BCUT2D eigenvalue weighted by molar-refractivity contribution is 0.444. The van der Waals surface area contributed by atoms with E-state index < -0.39 is 0 Å². The zero-order valence-corrected chi connectivity index (χ0v) is 5.19. The fourth-order valence-electron chi connectivity index (χ4n) is 1.30. The average molecular weight is 111 g/mol. The Labute approximate surface area is 50.6 Å². The van der Waals surface area contributed by atoms with E-state index in [0.29, 0.717) is 5.92 Å². The average Bonchev–Trinajstić information content (AvgIpc) is 1.90. The van der Waals surface area contributed by atoms with E-state index >= 15 is 0 Å². The summed E-state index contributed by atoms with van der Waals surface area (Å²) in [6.45, 7) is 0. The van der Waals surface area contributed by atoms with Crippen molar-refractivity contribution in [2.24, 2.45) is 5.92 Å².